The van der Waals surface area contributed by atoms with E-state index in [4.69, 9.17) is 12.2 Å². The molecule has 20 heavy (non-hydrogen) atoms. The number of thiocarbonyl (C=S) groups is 1. The Morgan fingerprint density at radius 1 is 1.15 bits per heavy atom. The van der Waals surface area contributed by atoms with Gasteiger partial charge in [-0.3, -0.25) is 10.1 Å². The molecule has 2 rings (SSSR count). The fourth-order valence-corrected chi connectivity index (χ4v) is 2.28. The fourth-order valence-electron chi connectivity index (χ4n) is 1.54. The van der Waals surface area contributed by atoms with Gasteiger partial charge in [-0.05, 0) is 65.1 Å². The quantitative estimate of drug-likeness (QED) is 0.413. The number of phenolic OH excluding ortho intramolecular Hbond substituents is 1. The average Bonchev–Trinajstić information content (AvgIpc) is 2.41. The number of hydrogen-bond acceptors (Lipinski definition) is 3. The molecule has 0 unspecified atom stereocenters. The zero-order chi connectivity index (χ0) is 14.5. The van der Waals surface area contributed by atoms with Gasteiger partial charge in [-0.25, -0.2) is 0 Å². The minimum absolute atomic E-state index is 0.0679. The first-order chi connectivity index (χ1) is 9.56. The van der Waals surface area contributed by atoms with Gasteiger partial charge in [0, 0.05) is 9.13 Å². The second-order valence-corrected chi connectivity index (χ2v) is 5.59. The van der Waals surface area contributed by atoms with Crippen molar-refractivity contribution in [3.05, 3.63) is 57.7 Å². The molecular formula is C14H11IN2O2S. The maximum atomic E-state index is 12.0. The summed E-state index contributed by atoms with van der Waals surface area (Å²) in [4.78, 5) is 12.0. The second-order valence-electron chi connectivity index (χ2n) is 3.94. The van der Waals surface area contributed by atoms with Crippen molar-refractivity contribution < 1.29 is 9.90 Å². The number of phenols is 1. The van der Waals surface area contributed by atoms with Gasteiger partial charge in [0.25, 0.3) is 5.91 Å². The third kappa shape index (κ3) is 3.91. The zero-order valence-electron chi connectivity index (χ0n) is 10.3. The van der Waals surface area contributed by atoms with Gasteiger partial charge in [0.2, 0.25) is 0 Å². The molecule has 2 aromatic carbocycles. The van der Waals surface area contributed by atoms with Crippen LogP contribution in [0.1, 0.15) is 10.4 Å². The predicted octanol–water partition coefficient (Wildman–Crippen LogP) is 3.12. The Bertz CT molecular complexity index is 661. The first-order valence-electron chi connectivity index (χ1n) is 5.72. The summed E-state index contributed by atoms with van der Waals surface area (Å²) in [6.45, 7) is 0. The van der Waals surface area contributed by atoms with Crippen molar-refractivity contribution in [3.63, 3.8) is 0 Å². The van der Waals surface area contributed by atoms with E-state index in [0.717, 1.165) is 3.57 Å². The van der Waals surface area contributed by atoms with Crippen LogP contribution in [0.2, 0.25) is 0 Å². The van der Waals surface area contributed by atoms with Gasteiger partial charge >= 0.3 is 0 Å². The molecule has 0 heterocycles. The topological polar surface area (TPSA) is 61.4 Å². The van der Waals surface area contributed by atoms with Crippen molar-refractivity contribution in [1.82, 2.24) is 5.32 Å². The molecule has 4 nitrogen and oxygen atoms in total. The Labute approximate surface area is 135 Å². The smallest absolute Gasteiger partial charge is 0.257 e. The monoisotopic (exact) mass is 398 g/mol. The van der Waals surface area contributed by atoms with E-state index >= 15 is 0 Å². The molecule has 3 N–H and O–H groups in total. The van der Waals surface area contributed by atoms with Crippen LogP contribution in [0.4, 0.5) is 5.69 Å². The van der Waals surface area contributed by atoms with Crippen molar-refractivity contribution in [3.8, 4) is 5.75 Å². The molecule has 0 fully saturated rings. The summed E-state index contributed by atoms with van der Waals surface area (Å²) >= 11 is 7.18. The molecule has 0 aliphatic carbocycles. The van der Waals surface area contributed by atoms with Gasteiger partial charge < -0.3 is 10.4 Å². The summed E-state index contributed by atoms with van der Waals surface area (Å²) in [5.41, 5.74) is 0.971. The first-order valence-corrected chi connectivity index (χ1v) is 7.21. The SMILES string of the molecule is O=C(NC(=S)Nc1ccccc1O)c1cccc(I)c1. The highest BCUT2D eigenvalue weighted by atomic mass is 127. The molecule has 0 spiro atoms. The van der Waals surface area contributed by atoms with E-state index in [9.17, 15) is 9.90 Å². The lowest BCUT2D eigenvalue weighted by Gasteiger charge is -2.10. The number of carbonyl (C=O) groups excluding carboxylic acids is 1. The Hall–Kier alpha value is -1.67. The summed E-state index contributed by atoms with van der Waals surface area (Å²) in [6, 6.07) is 13.8. The van der Waals surface area contributed by atoms with E-state index in [0.29, 0.717) is 11.3 Å². The van der Waals surface area contributed by atoms with Crippen LogP contribution in [0.25, 0.3) is 0 Å². The van der Waals surface area contributed by atoms with E-state index in [1.807, 2.05) is 6.07 Å². The summed E-state index contributed by atoms with van der Waals surface area (Å²) in [7, 11) is 0. The molecule has 0 saturated carbocycles. The Morgan fingerprint density at radius 2 is 1.90 bits per heavy atom. The van der Waals surface area contributed by atoms with Gasteiger partial charge in [0.05, 0.1) is 5.69 Å². The number of para-hydroxylation sites is 2. The second kappa shape index (κ2) is 6.67. The molecule has 1 amide bonds. The number of halogens is 1. The van der Waals surface area contributed by atoms with Crippen LogP contribution in [-0.4, -0.2) is 16.1 Å². The molecule has 0 bridgehead atoms. The van der Waals surface area contributed by atoms with Crippen LogP contribution in [0.5, 0.6) is 5.75 Å². The van der Waals surface area contributed by atoms with Crippen molar-refractivity contribution in [2.75, 3.05) is 5.32 Å². The van der Waals surface area contributed by atoms with Crippen molar-refractivity contribution >= 4 is 51.5 Å². The van der Waals surface area contributed by atoms with Gasteiger partial charge in [-0.15, -0.1) is 0 Å². The number of anilines is 1. The standard InChI is InChI=1S/C14H11IN2O2S/c15-10-5-3-4-9(8-10)13(19)17-14(20)16-11-6-1-2-7-12(11)18/h1-8,18H,(H2,16,17,19,20). The number of nitrogens with one attached hydrogen (secondary N) is 2. The molecule has 0 atom stereocenters. The Kier molecular flexibility index (Phi) is 4.91. The molecule has 2 aromatic rings. The molecule has 0 radical (unpaired) electrons. The summed E-state index contributed by atoms with van der Waals surface area (Å²) in [6.07, 6.45) is 0. The van der Waals surface area contributed by atoms with Gasteiger partial charge in [-0.2, -0.15) is 0 Å². The lowest BCUT2D eigenvalue weighted by Crippen LogP contribution is -2.34. The van der Waals surface area contributed by atoms with Crippen LogP contribution in [0.15, 0.2) is 48.5 Å². The molecule has 0 aromatic heterocycles. The predicted molar refractivity (Wildman–Crippen MR) is 91.0 cm³/mol. The molecule has 0 saturated heterocycles. The lowest BCUT2D eigenvalue weighted by atomic mass is 10.2. The van der Waals surface area contributed by atoms with Crippen LogP contribution >= 0.6 is 34.8 Å². The van der Waals surface area contributed by atoms with Crippen molar-refractivity contribution in [2.45, 2.75) is 0 Å². The molecule has 0 aliphatic heterocycles. The van der Waals surface area contributed by atoms with Gasteiger partial charge in [0.1, 0.15) is 5.75 Å². The highest BCUT2D eigenvalue weighted by Crippen LogP contribution is 2.21. The van der Waals surface area contributed by atoms with Crippen LogP contribution in [-0.2, 0) is 0 Å². The number of hydrogen-bond donors (Lipinski definition) is 3. The minimum atomic E-state index is -0.295. The third-order valence-corrected chi connectivity index (χ3v) is 3.34. The summed E-state index contributed by atoms with van der Waals surface area (Å²) in [5, 5.41) is 15.1. The largest absolute Gasteiger partial charge is 0.506 e. The third-order valence-electron chi connectivity index (χ3n) is 2.47. The van der Waals surface area contributed by atoms with Crippen LogP contribution in [0, 0.1) is 3.57 Å². The fraction of sp³-hybridized carbons (Fsp3) is 0. The average molecular weight is 398 g/mol. The summed E-state index contributed by atoms with van der Waals surface area (Å²) in [5.74, 6) is -0.227. The maximum Gasteiger partial charge on any atom is 0.257 e. The van der Waals surface area contributed by atoms with E-state index in [1.54, 1.807) is 36.4 Å². The van der Waals surface area contributed by atoms with E-state index in [2.05, 4.69) is 33.2 Å². The van der Waals surface area contributed by atoms with E-state index in [1.165, 1.54) is 6.07 Å². The number of aromatic hydroxyl groups is 1. The number of amides is 1. The molecule has 0 aliphatic rings. The van der Waals surface area contributed by atoms with Gasteiger partial charge in [-0.1, -0.05) is 18.2 Å². The molecular weight excluding hydrogens is 387 g/mol. The van der Waals surface area contributed by atoms with Crippen molar-refractivity contribution in [2.24, 2.45) is 0 Å². The number of rotatable bonds is 2. The molecule has 102 valence electrons. The molecule has 6 heteroatoms. The van der Waals surface area contributed by atoms with Crippen molar-refractivity contribution in [1.29, 1.82) is 0 Å². The summed E-state index contributed by atoms with van der Waals surface area (Å²) < 4.78 is 0.967. The maximum absolute atomic E-state index is 12.0. The van der Waals surface area contributed by atoms with E-state index in [-0.39, 0.29) is 16.8 Å². The lowest BCUT2D eigenvalue weighted by molar-refractivity contribution is 0.0977. The normalized spacial score (nSPS) is 9.85. The van der Waals surface area contributed by atoms with E-state index < -0.39 is 0 Å². The van der Waals surface area contributed by atoms with Gasteiger partial charge in [0.15, 0.2) is 5.11 Å². The number of benzene rings is 2. The van der Waals surface area contributed by atoms with Crippen LogP contribution in [0.3, 0.4) is 0 Å². The first kappa shape index (κ1) is 14.7. The minimum Gasteiger partial charge on any atom is -0.506 e. The highest BCUT2D eigenvalue weighted by Gasteiger charge is 2.09. The number of carbonyl (C=O) groups is 1. The zero-order valence-corrected chi connectivity index (χ0v) is 13.2. The van der Waals surface area contributed by atoms with Crippen LogP contribution < -0.4 is 10.6 Å². The Morgan fingerprint density at radius 3 is 2.60 bits per heavy atom. The Balaban J connectivity index is 2.02. The highest BCUT2D eigenvalue weighted by molar-refractivity contribution is 14.1.